The standard InChI is InChI=1S/C19H20ClN5O2S2/c1-3-8-21-18(27)13-7-6-12(10-14(13)20)22-17(26)11(2)25-16(23-24-19(25)28)15-5-4-9-29-15/h4-7,9-11H,3,8H2,1-2H3,(H,21,27)(H,22,26)(H,24,28). The zero-order valence-electron chi connectivity index (χ0n) is 15.9. The van der Waals surface area contributed by atoms with Crippen LogP contribution in [0, 0.1) is 4.77 Å². The SMILES string of the molecule is CCCNC(=O)c1ccc(NC(=O)C(C)n2c(-c3cccs3)n[nH]c2=S)cc1Cl. The highest BCUT2D eigenvalue weighted by atomic mass is 35.5. The van der Waals surface area contributed by atoms with E-state index in [2.05, 4.69) is 20.8 Å². The summed E-state index contributed by atoms with van der Waals surface area (Å²) >= 11 is 13.1. The van der Waals surface area contributed by atoms with Gasteiger partial charge in [-0.15, -0.1) is 11.3 Å². The Kier molecular flexibility index (Phi) is 6.83. The van der Waals surface area contributed by atoms with Crippen molar-refractivity contribution in [3.05, 3.63) is 51.1 Å². The lowest BCUT2D eigenvalue weighted by Gasteiger charge is -2.16. The maximum absolute atomic E-state index is 12.8. The summed E-state index contributed by atoms with van der Waals surface area (Å²) in [4.78, 5) is 25.8. The minimum absolute atomic E-state index is 0.242. The molecule has 0 spiro atoms. The van der Waals surface area contributed by atoms with Crippen molar-refractivity contribution in [2.75, 3.05) is 11.9 Å². The van der Waals surface area contributed by atoms with E-state index in [4.69, 9.17) is 23.8 Å². The van der Waals surface area contributed by atoms with Crippen LogP contribution in [-0.2, 0) is 4.79 Å². The molecule has 0 saturated carbocycles. The number of carbonyl (C=O) groups excluding carboxylic acids is 2. The summed E-state index contributed by atoms with van der Waals surface area (Å²) in [6.45, 7) is 4.28. The Morgan fingerprint density at radius 3 is 2.83 bits per heavy atom. The van der Waals surface area contributed by atoms with E-state index in [0.29, 0.717) is 28.4 Å². The number of rotatable bonds is 7. The van der Waals surface area contributed by atoms with Gasteiger partial charge in [0.1, 0.15) is 6.04 Å². The molecule has 10 heteroatoms. The quantitative estimate of drug-likeness (QED) is 0.457. The summed E-state index contributed by atoms with van der Waals surface area (Å²) in [6, 6.07) is 8.01. The Balaban J connectivity index is 1.77. The number of H-pyrrole nitrogens is 1. The van der Waals surface area contributed by atoms with Crippen LogP contribution in [0.15, 0.2) is 35.7 Å². The minimum atomic E-state index is -0.607. The number of halogens is 1. The average Bonchev–Trinajstić information content (AvgIpc) is 3.35. The topological polar surface area (TPSA) is 91.8 Å². The Labute approximate surface area is 182 Å². The van der Waals surface area contributed by atoms with Gasteiger partial charge in [-0.1, -0.05) is 24.6 Å². The second-order valence-electron chi connectivity index (χ2n) is 6.32. The second-order valence-corrected chi connectivity index (χ2v) is 8.06. The van der Waals surface area contributed by atoms with Gasteiger partial charge in [-0.2, -0.15) is 5.10 Å². The van der Waals surface area contributed by atoms with Crippen LogP contribution in [-0.4, -0.2) is 33.1 Å². The molecular weight excluding hydrogens is 430 g/mol. The highest BCUT2D eigenvalue weighted by Crippen LogP contribution is 2.27. The molecule has 2 amide bonds. The number of benzene rings is 1. The summed E-state index contributed by atoms with van der Waals surface area (Å²) in [7, 11) is 0. The predicted octanol–water partition coefficient (Wildman–Crippen LogP) is 4.66. The molecule has 7 nitrogen and oxygen atoms in total. The zero-order valence-corrected chi connectivity index (χ0v) is 18.2. The minimum Gasteiger partial charge on any atom is -0.352 e. The number of hydrogen-bond donors (Lipinski definition) is 3. The number of anilines is 1. The smallest absolute Gasteiger partial charge is 0.252 e. The molecule has 1 atom stereocenters. The van der Waals surface area contributed by atoms with Crippen molar-refractivity contribution < 1.29 is 9.59 Å². The van der Waals surface area contributed by atoms with Crippen LogP contribution >= 0.6 is 35.2 Å². The number of nitrogens with zero attached hydrogens (tertiary/aromatic N) is 2. The van der Waals surface area contributed by atoms with Gasteiger partial charge in [0.2, 0.25) is 5.91 Å². The van der Waals surface area contributed by atoms with Crippen molar-refractivity contribution in [1.29, 1.82) is 0 Å². The van der Waals surface area contributed by atoms with Gasteiger partial charge >= 0.3 is 0 Å². The van der Waals surface area contributed by atoms with Crippen molar-refractivity contribution in [2.24, 2.45) is 0 Å². The van der Waals surface area contributed by atoms with E-state index in [9.17, 15) is 9.59 Å². The van der Waals surface area contributed by atoms with Crippen LogP contribution in [0.25, 0.3) is 10.7 Å². The van der Waals surface area contributed by atoms with Crippen LogP contribution in [0.2, 0.25) is 5.02 Å². The van der Waals surface area contributed by atoms with Crippen molar-refractivity contribution in [3.63, 3.8) is 0 Å². The molecule has 3 aromatic rings. The number of thiophene rings is 1. The van der Waals surface area contributed by atoms with E-state index in [1.807, 2.05) is 24.4 Å². The first-order valence-electron chi connectivity index (χ1n) is 9.01. The van der Waals surface area contributed by atoms with Crippen molar-refractivity contribution in [2.45, 2.75) is 26.3 Å². The van der Waals surface area contributed by atoms with Gasteiger partial charge in [-0.05, 0) is 55.2 Å². The molecule has 1 aromatic carbocycles. The molecule has 0 saturated heterocycles. The number of aromatic nitrogens is 3. The van der Waals surface area contributed by atoms with Crippen LogP contribution < -0.4 is 10.6 Å². The number of hydrogen-bond acceptors (Lipinski definition) is 5. The first-order chi connectivity index (χ1) is 13.9. The summed E-state index contributed by atoms with van der Waals surface area (Å²) in [5.74, 6) is 0.0848. The van der Waals surface area contributed by atoms with E-state index in [1.54, 1.807) is 29.7 Å². The van der Waals surface area contributed by atoms with E-state index >= 15 is 0 Å². The molecule has 2 heterocycles. The van der Waals surface area contributed by atoms with Crippen LogP contribution in [0.1, 0.15) is 36.7 Å². The van der Waals surface area contributed by atoms with Gasteiger partial charge in [-0.25, -0.2) is 0 Å². The number of carbonyl (C=O) groups is 2. The zero-order chi connectivity index (χ0) is 21.0. The van der Waals surface area contributed by atoms with Crippen molar-refractivity contribution in [1.82, 2.24) is 20.1 Å². The fraction of sp³-hybridized carbons (Fsp3) is 0.263. The molecule has 1 unspecified atom stereocenters. The third-order valence-electron chi connectivity index (χ3n) is 4.23. The average molecular weight is 450 g/mol. The first kappa shape index (κ1) is 21.2. The van der Waals surface area contributed by atoms with E-state index < -0.39 is 6.04 Å². The molecular formula is C19H20ClN5O2S2. The molecule has 0 aliphatic heterocycles. The van der Waals surface area contributed by atoms with E-state index in [0.717, 1.165) is 11.3 Å². The van der Waals surface area contributed by atoms with Gasteiger partial charge in [0.15, 0.2) is 10.6 Å². The van der Waals surface area contributed by atoms with Gasteiger partial charge in [0.25, 0.3) is 5.91 Å². The molecule has 3 rings (SSSR count). The van der Waals surface area contributed by atoms with Crippen molar-refractivity contribution >= 4 is 52.7 Å². The lowest BCUT2D eigenvalue weighted by Crippen LogP contribution is -2.25. The van der Waals surface area contributed by atoms with Gasteiger partial charge < -0.3 is 10.6 Å². The van der Waals surface area contributed by atoms with Gasteiger partial charge in [0.05, 0.1) is 15.5 Å². The van der Waals surface area contributed by atoms with Crippen LogP contribution in [0.4, 0.5) is 5.69 Å². The highest BCUT2D eigenvalue weighted by Gasteiger charge is 2.22. The Hall–Kier alpha value is -2.49. The van der Waals surface area contributed by atoms with Crippen LogP contribution in [0.5, 0.6) is 0 Å². The number of nitrogens with one attached hydrogen (secondary N) is 3. The molecule has 2 aromatic heterocycles. The lowest BCUT2D eigenvalue weighted by atomic mass is 10.1. The fourth-order valence-corrected chi connectivity index (χ4v) is 3.99. The molecule has 0 bridgehead atoms. The monoisotopic (exact) mass is 449 g/mol. The van der Waals surface area contributed by atoms with Crippen LogP contribution in [0.3, 0.4) is 0 Å². The third-order valence-corrected chi connectivity index (χ3v) is 5.70. The van der Waals surface area contributed by atoms with Crippen molar-refractivity contribution in [3.8, 4) is 10.7 Å². The van der Waals surface area contributed by atoms with E-state index in [-0.39, 0.29) is 16.8 Å². The molecule has 152 valence electrons. The Bertz CT molecular complexity index is 1070. The Morgan fingerprint density at radius 1 is 1.38 bits per heavy atom. The Morgan fingerprint density at radius 2 is 2.17 bits per heavy atom. The molecule has 3 N–H and O–H groups in total. The maximum atomic E-state index is 12.8. The number of aromatic amines is 1. The van der Waals surface area contributed by atoms with Gasteiger partial charge in [-0.3, -0.25) is 19.3 Å². The second kappa shape index (κ2) is 9.34. The largest absolute Gasteiger partial charge is 0.352 e. The summed E-state index contributed by atoms with van der Waals surface area (Å²) in [5, 5.41) is 14.8. The fourth-order valence-electron chi connectivity index (χ4n) is 2.72. The maximum Gasteiger partial charge on any atom is 0.252 e. The molecule has 0 fully saturated rings. The summed E-state index contributed by atoms with van der Waals surface area (Å²) in [6.07, 6.45) is 0.833. The normalized spacial score (nSPS) is 11.8. The predicted molar refractivity (Wildman–Crippen MR) is 118 cm³/mol. The molecule has 0 radical (unpaired) electrons. The summed E-state index contributed by atoms with van der Waals surface area (Å²) < 4.78 is 2.03. The van der Waals surface area contributed by atoms with Gasteiger partial charge in [0, 0.05) is 12.2 Å². The number of amides is 2. The summed E-state index contributed by atoms with van der Waals surface area (Å²) in [5.41, 5.74) is 0.856. The molecule has 0 aliphatic rings. The third kappa shape index (κ3) is 4.75. The van der Waals surface area contributed by atoms with E-state index in [1.165, 1.54) is 11.3 Å². The lowest BCUT2D eigenvalue weighted by molar-refractivity contribution is -0.118. The molecule has 0 aliphatic carbocycles. The first-order valence-corrected chi connectivity index (χ1v) is 10.7. The highest BCUT2D eigenvalue weighted by molar-refractivity contribution is 7.71. The molecule has 29 heavy (non-hydrogen) atoms.